The highest BCUT2D eigenvalue weighted by Gasteiger charge is 2.76. The maximum Gasteiger partial charge on any atom is 0.246 e. The van der Waals surface area contributed by atoms with Crippen molar-refractivity contribution in [2.45, 2.75) is 106 Å². The van der Waals surface area contributed by atoms with E-state index in [0.29, 0.717) is 19.5 Å². The predicted octanol–water partition coefficient (Wildman–Crippen LogP) is 2.26. The van der Waals surface area contributed by atoms with Gasteiger partial charge in [-0.25, -0.2) is 0 Å². The number of nitrogens with zero attached hydrogens (tertiary/aromatic N) is 1. The zero-order valence-electron chi connectivity index (χ0n) is 20.3. The van der Waals surface area contributed by atoms with Crippen LogP contribution in [0.5, 0.6) is 0 Å². The number of fused-ring (bicyclic) bond motifs is 1. The Hall–Kier alpha value is -1.19. The van der Waals surface area contributed by atoms with Crippen LogP contribution in [-0.4, -0.2) is 76.0 Å². The van der Waals surface area contributed by atoms with Crippen LogP contribution in [0.25, 0.3) is 0 Å². The number of alkyl halides is 1. The molecule has 34 heavy (non-hydrogen) atoms. The van der Waals surface area contributed by atoms with E-state index >= 15 is 0 Å². The normalized spacial score (nSPS) is 35.0. The second kappa shape index (κ2) is 11.2. The fourth-order valence-electron chi connectivity index (χ4n) is 6.61. The molecule has 6 atom stereocenters. The van der Waals surface area contributed by atoms with Gasteiger partial charge in [0.1, 0.15) is 11.6 Å². The molecular weight excluding hydrogens is 502 g/mol. The summed E-state index contributed by atoms with van der Waals surface area (Å²) in [5, 5.41) is 15.3. The van der Waals surface area contributed by atoms with E-state index in [9.17, 15) is 14.4 Å². The van der Waals surface area contributed by atoms with E-state index in [1.165, 1.54) is 6.42 Å². The summed E-state index contributed by atoms with van der Waals surface area (Å²) in [6.07, 6.45) is 9.59. The molecule has 1 spiro atoms. The summed E-state index contributed by atoms with van der Waals surface area (Å²) in [6, 6.07) is -0.570. The van der Waals surface area contributed by atoms with E-state index in [4.69, 9.17) is 9.84 Å². The maximum absolute atomic E-state index is 13.8. The van der Waals surface area contributed by atoms with Gasteiger partial charge in [0.05, 0.1) is 17.9 Å². The van der Waals surface area contributed by atoms with Crippen molar-refractivity contribution in [2.24, 2.45) is 11.8 Å². The molecule has 0 radical (unpaired) electrons. The largest absolute Gasteiger partial charge is 0.396 e. The number of unbranched alkanes of at least 4 members (excludes halogenated alkanes) is 3. The molecule has 3 heterocycles. The lowest BCUT2D eigenvalue weighted by Gasteiger charge is -2.35. The Balaban J connectivity index is 1.58. The number of hydrogen-bond acceptors (Lipinski definition) is 5. The fraction of sp³-hybridized carbons (Fsp3) is 0.880. The van der Waals surface area contributed by atoms with Gasteiger partial charge in [0.2, 0.25) is 17.7 Å². The van der Waals surface area contributed by atoms with Crippen molar-refractivity contribution in [2.75, 3.05) is 19.7 Å². The summed E-state index contributed by atoms with van der Waals surface area (Å²) in [7, 11) is 0. The lowest BCUT2D eigenvalue weighted by atomic mass is 9.70. The first-order valence-corrected chi connectivity index (χ1v) is 14.2. The molecule has 192 valence electrons. The number of carbonyl (C=O) groups excluding carboxylic acids is 3. The minimum absolute atomic E-state index is 0.0663. The molecule has 0 aromatic rings. The number of ether oxygens (including phenoxy) is 1. The molecule has 4 aliphatic rings. The SMILES string of the molecule is CCCNC(=O)[C@H]1[C@H]2C(=O)N(CCCCCCO)C(C(=O)NC3CCCCC3)C23CC(Br)[C@@H]1O3. The summed E-state index contributed by atoms with van der Waals surface area (Å²) in [5.74, 6) is -1.60. The monoisotopic (exact) mass is 541 g/mol. The molecule has 3 aliphatic heterocycles. The fourth-order valence-corrected chi connectivity index (χ4v) is 7.55. The number of likely N-dealkylation sites (tertiary alicyclic amines) is 1. The molecule has 3 unspecified atom stereocenters. The van der Waals surface area contributed by atoms with Gasteiger partial charge >= 0.3 is 0 Å². The van der Waals surface area contributed by atoms with Gasteiger partial charge in [-0.05, 0) is 38.5 Å². The number of hydrogen-bond donors (Lipinski definition) is 3. The highest BCUT2D eigenvalue weighted by molar-refractivity contribution is 9.09. The predicted molar refractivity (Wildman–Crippen MR) is 131 cm³/mol. The van der Waals surface area contributed by atoms with Crippen molar-refractivity contribution >= 4 is 33.7 Å². The van der Waals surface area contributed by atoms with E-state index in [-0.39, 0.29) is 35.2 Å². The Morgan fingerprint density at radius 2 is 1.88 bits per heavy atom. The second-order valence-electron chi connectivity index (χ2n) is 10.5. The van der Waals surface area contributed by atoms with Crippen molar-refractivity contribution in [3.05, 3.63) is 0 Å². The van der Waals surface area contributed by atoms with Gasteiger partial charge < -0.3 is 25.4 Å². The third-order valence-corrected chi connectivity index (χ3v) is 8.99. The molecule has 3 amide bonds. The molecule has 0 aromatic carbocycles. The number of carbonyl (C=O) groups is 3. The molecule has 9 heteroatoms. The van der Waals surface area contributed by atoms with Crippen molar-refractivity contribution in [1.29, 1.82) is 0 Å². The summed E-state index contributed by atoms with van der Waals surface area (Å²) < 4.78 is 6.51. The van der Waals surface area contributed by atoms with Crippen LogP contribution in [0, 0.1) is 11.8 Å². The van der Waals surface area contributed by atoms with Crippen LogP contribution >= 0.6 is 15.9 Å². The van der Waals surface area contributed by atoms with Crippen LogP contribution in [0.3, 0.4) is 0 Å². The highest BCUT2D eigenvalue weighted by atomic mass is 79.9. The lowest BCUT2D eigenvalue weighted by molar-refractivity contribution is -0.142. The zero-order valence-corrected chi connectivity index (χ0v) is 21.9. The number of rotatable bonds is 11. The van der Waals surface area contributed by atoms with E-state index < -0.39 is 29.6 Å². The summed E-state index contributed by atoms with van der Waals surface area (Å²) >= 11 is 3.71. The number of aliphatic hydroxyl groups excluding tert-OH is 1. The first-order valence-electron chi connectivity index (χ1n) is 13.3. The second-order valence-corrected chi connectivity index (χ2v) is 11.6. The van der Waals surface area contributed by atoms with Gasteiger partial charge in [-0.15, -0.1) is 0 Å². The van der Waals surface area contributed by atoms with Crippen LogP contribution in [0.4, 0.5) is 0 Å². The molecule has 1 saturated carbocycles. The van der Waals surface area contributed by atoms with Gasteiger partial charge in [-0.3, -0.25) is 14.4 Å². The standard InChI is InChI=1S/C25H40BrN3O5/c1-2-12-27-22(31)18-19-24(33)29(13-8-3-4-9-14-30)21(25(19)15-17(26)20(18)34-25)23(32)28-16-10-6-5-7-11-16/h16-21,30H,2-15H2,1H3,(H,27,31)(H,28,32)/t17?,18-,19-,20-,21?,25?/m0/s1. The van der Waals surface area contributed by atoms with Crippen LogP contribution in [0.15, 0.2) is 0 Å². The minimum Gasteiger partial charge on any atom is -0.396 e. The van der Waals surface area contributed by atoms with Crippen LogP contribution < -0.4 is 10.6 Å². The maximum atomic E-state index is 13.8. The molecule has 8 nitrogen and oxygen atoms in total. The Kier molecular flexibility index (Phi) is 8.57. The summed E-state index contributed by atoms with van der Waals surface area (Å²) in [6.45, 7) is 3.19. The number of halogens is 1. The molecule has 2 bridgehead atoms. The molecule has 0 aromatic heterocycles. The minimum atomic E-state index is -0.964. The van der Waals surface area contributed by atoms with E-state index in [2.05, 4.69) is 26.6 Å². The summed E-state index contributed by atoms with van der Waals surface area (Å²) in [4.78, 5) is 42.4. The van der Waals surface area contributed by atoms with E-state index in [1.807, 2.05) is 6.92 Å². The van der Waals surface area contributed by atoms with Gasteiger partial charge in [0, 0.05) is 30.6 Å². The van der Waals surface area contributed by atoms with Crippen molar-refractivity contribution < 1.29 is 24.2 Å². The average molecular weight is 543 g/mol. The van der Waals surface area contributed by atoms with Crippen molar-refractivity contribution in [1.82, 2.24) is 15.5 Å². The lowest BCUT2D eigenvalue weighted by Crippen LogP contribution is -2.57. The Morgan fingerprint density at radius 3 is 2.59 bits per heavy atom. The number of aliphatic hydroxyl groups is 1. The quantitative estimate of drug-likeness (QED) is 0.274. The third kappa shape index (κ3) is 4.76. The first kappa shape index (κ1) is 25.9. The van der Waals surface area contributed by atoms with E-state index in [0.717, 1.165) is 57.8 Å². The van der Waals surface area contributed by atoms with E-state index in [1.54, 1.807) is 4.90 Å². The van der Waals surface area contributed by atoms with Crippen LogP contribution in [0.2, 0.25) is 0 Å². The molecule has 3 saturated heterocycles. The number of nitrogens with one attached hydrogen (secondary N) is 2. The summed E-state index contributed by atoms with van der Waals surface area (Å²) in [5.41, 5.74) is -0.964. The third-order valence-electron chi connectivity index (χ3n) is 8.15. The van der Waals surface area contributed by atoms with Crippen LogP contribution in [0.1, 0.15) is 77.6 Å². The Labute approximate surface area is 211 Å². The first-order chi connectivity index (χ1) is 16.4. The molecule has 1 aliphatic carbocycles. The van der Waals surface area contributed by atoms with Crippen molar-refractivity contribution in [3.63, 3.8) is 0 Å². The van der Waals surface area contributed by atoms with Gasteiger partial charge in [0.15, 0.2) is 0 Å². The molecule has 4 fully saturated rings. The zero-order chi connectivity index (χ0) is 24.3. The van der Waals surface area contributed by atoms with Crippen LogP contribution in [-0.2, 0) is 19.1 Å². The van der Waals surface area contributed by atoms with Gasteiger partial charge in [-0.1, -0.05) is 55.0 Å². The number of amides is 3. The molecule has 3 N–H and O–H groups in total. The van der Waals surface area contributed by atoms with Gasteiger partial charge in [0.25, 0.3) is 0 Å². The topological polar surface area (TPSA) is 108 Å². The molecular formula is C25H40BrN3O5. The molecule has 4 rings (SSSR count). The van der Waals surface area contributed by atoms with Gasteiger partial charge in [-0.2, -0.15) is 0 Å². The smallest absolute Gasteiger partial charge is 0.246 e. The van der Waals surface area contributed by atoms with Crippen molar-refractivity contribution in [3.8, 4) is 0 Å². The highest BCUT2D eigenvalue weighted by Crippen LogP contribution is 2.60. The average Bonchev–Trinajstić information content (AvgIpc) is 3.41. The Bertz CT molecular complexity index is 761. The Morgan fingerprint density at radius 1 is 1.15 bits per heavy atom.